The zero-order chi connectivity index (χ0) is 20.3. The van der Waals surface area contributed by atoms with Gasteiger partial charge in [-0.25, -0.2) is 0 Å². The van der Waals surface area contributed by atoms with Crippen molar-refractivity contribution in [2.75, 3.05) is 14.2 Å². The summed E-state index contributed by atoms with van der Waals surface area (Å²) in [5.41, 5.74) is 0.503. The van der Waals surface area contributed by atoms with Crippen LogP contribution in [0.1, 0.15) is 38.8 Å². The minimum absolute atomic E-state index is 0.204. The molecule has 0 fully saturated rings. The Kier molecular flexibility index (Phi) is 5.68. The van der Waals surface area contributed by atoms with Crippen LogP contribution in [0.3, 0.4) is 0 Å². The van der Waals surface area contributed by atoms with Gasteiger partial charge in [-0.15, -0.1) is 0 Å². The number of methoxy groups -OCH3 is 2. The highest BCUT2D eigenvalue weighted by Crippen LogP contribution is 2.41. The molecule has 0 aromatic heterocycles. The SMILES string of the molecule is COc1ccc2c(c1)[C@@H](NC(=O)[C@@H](C)Oc1ccccc1OC)CC(C)(C)O2. The first-order valence-corrected chi connectivity index (χ1v) is 9.30. The topological polar surface area (TPSA) is 66.0 Å². The fourth-order valence-electron chi connectivity index (χ4n) is 3.34. The zero-order valence-electron chi connectivity index (χ0n) is 16.9. The normalized spacial score (nSPS) is 18.2. The Morgan fingerprint density at radius 3 is 2.54 bits per heavy atom. The van der Waals surface area contributed by atoms with Gasteiger partial charge >= 0.3 is 0 Å². The first-order chi connectivity index (χ1) is 13.3. The van der Waals surface area contributed by atoms with Crippen molar-refractivity contribution < 1.29 is 23.7 Å². The van der Waals surface area contributed by atoms with Gasteiger partial charge in [0.25, 0.3) is 5.91 Å². The van der Waals surface area contributed by atoms with Crippen molar-refractivity contribution in [2.45, 2.75) is 44.9 Å². The molecule has 2 atom stereocenters. The standard InChI is InChI=1S/C22H27NO5/c1-14(27-20-9-7-6-8-19(20)26-5)21(24)23-17-13-22(2,3)28-18-11-10-15(25-4)12-16(17)18/h6-12,14,17H,13H2,1-5H3,(H,23,24)/t14-,17+/m1/s1. The molecule has 1 N–H and O–H groups in total. The number of benzene rings is 2. The van der Waals surface area contributed by atoms with Crippen molar-refractivity contribution in [2.24, 2.45) is 0 Å². The summed E-state index contributed by atoms with van der Waals surface area (Å²) in [5.74, 6) is 2.38. The summed E-state index contributed by atoms with van der Waals surface area (Å²) in [4.78, 5) is 12.8. The van der Waals surface area contributed by atoms with Gasteiger partial charge in [0.05, 0.1) is 20.3 Å². The van der Waals surface area contributed by atoms with Crippen LogP contribution < -0.4 is 24.3 Å². The van der Waals surface area contributed by atoms with Gasteiger partial charge < -0.3 is 24.3 Å². The smallest absolute Gasteiger partial charge is 0.261 e. The third kappa shape index (κ3) is 4.32. The molecular weight excluding hydrogens is 358 g/mol. The Morgan fingerprint density at radius 1 is 1.14 bits per heavy atom. The molecule has 0 spiro atoms. The molecule has 0 saturated carbocycles. The van der Waals surface area contributed by atoms with Gasteiger partial charge in [0.2, 0.25) is 0 Å². The van der Waals surface area contributed by atoms with Crippen molar-refractivity contribution in [1.82, 2.24) is 5.32 Å². The number of carbonyl (C=O) groups is 1. The van der Waals surface area contributed by atoms with E-state index in [4.69, 9.17) is 18.9 Å². The minimum Gasteiger partial charge on any atom is -0.497 e. The lowest BCUT2D eigenvalue weighted by Crippen LogP contribution is -2.44. The summed E-state index contributed by atoms with van der Waals surface area (Å²) in [5, 5.41) is 3.10. The van der Waals surface area contributed by atoms with Crippen LogP contribution in [0.2, 0.25) is 0 Å². The molecule has 0 radical (unpaired) electrons. The third-order valence-corrected chi connectivity index (χ3v) is 4.73. The van der Waals surface area contributed by atoms with E-state index >= 15 is 0 Å². The number of hydrogen-bond donors (Lipinski definition) is 1. The molecule has 2 aromatic rings. The van der Waals surface area contributed by atoms with E-state index in [1.165, 1.54) is 0 Å². The molecule has 3 rings (SSSR count). The van der Waals surface area contributed by atoms with E-state index in [2.05, 4.69) is 5.32 Å². The van der Waals surface area contributed by atoms with Crippen LogP contribution in [0.15, 0.2) is 42.5 Å². The second kappa shape index (κ2) is 8.00. The molecule has 0 bridgehead atoms. The van der Waals surface area contributed by atoms with E-state index in [0.717, 1.165) is 17.1 Å². The second-order valence-electron chi connectivity index (χ2n) is 7.44. The van der Waals surface area contributed by atoms with Crippen LogP contribution in [-0.2, 0) is 4.79 Å². The van der Waals surface area contributed by atoms with Crippen LogP contribution in [0.4, 0.5) is 0 Å². The number of para-hydroxylation sites is 2. The second-order valence-corrected chi connectivity index (χ2v) is 7.44. The van der Waals surface area contributed by atoms with Crippen LogP contribution >= 0.6 is 0 Å². The van der Waals surface area contributed by atoms with Gasteiger partial charge in [-0.1, -0.05) is 12.1 Å². The lowest BCUT2D eigenvalue weighted by molar-refractivity contribution is -0.128. The molecule has 6 nitrogen and oxygen atoms in total. The monoisotopic (exact) mass is 385 g/mol. The van der Waals surface area contributed by atoms with Crippen LogP contribution in [0, 0.1) is 0 Å². The fraction of sp³-hybridized carbons (Fsp3) is 0.409. The van der Waals surface area contributed by atoms with Crippen LogP contribution in [-0.4, -0.2) is 31.8 Å². The highest BCUT2D eigenvalue weighted by molar-refractivity contribution is 5.81. The maximum Gasteiger partial charge on any atom is 0.261 e. The maximum atomic E-state index is 12.8. The van der Waals surface area contributed by atoms with Gasteiger partial charge in [0.15, 0.2) is 17.6 Å². The first-order valence-electron chi connectivity index (χ1n) is 9.30. The molecular formula is C22H27NO5. The molecule has 1 amide bonds. The predicted molar refractivity (Wildman–Crippen MR) is 106 cm³/mol. The lowest BCUT2D eigenvalue weighted by atomic mass is 9.89. The number of ether oxygens (including phenoxy) is 4. The molecule has 6 heteroatoms. The lowest BCUT2D eigenvalue weighted by Gasteiger charge is -2.38. The summed E-state index contributed by atoms with van der Waals surface area (Å²) in [6, 6.07) is 12.7. The number of amides is 1. The molecule has 2 aromatic carbocycles. The molecule has 1 aliphatic heterocycles. The summed E-state index contributed by atoms with van der Waals surface area (Å²) < 4.78 is 22.5. The van der Waals surface area contributed by atoms with Gasteiger partial charge in [0.1, 0.15) is 17.1 Å². The van der Waals surface area contributed by atoms with Gasteiger partial charge in [-0.2, -0.15) is 0 Å². The Balaban J connectivity index is 1.77. The summed E-state index contributed by atoms with van der Waals surface area (Å²) in [7, 11) is 3.19. The van der Waals surface area contributed by atoms with Crippen molar-refractivity contribution >= 4 is 5.91 Å². The molecule has 1 heterocycles. The number of nitrogens with one attached hydrogen (secondary N) is 1. The van der Waals surface area contributed by atoms with Crippen LogP contribution in [0.25, 0.3) is 0 Å². The third-order valence-electron chi connectivity index (χ3n) is 4.73. The number of fused-ring (bicyclic) bond motifs is 1. The number of carbonyl (C=O) groups excluding carboxylic acids is 1. The Labute approximate surface area is 165 Å². The van der Waals surface area contributed by atoms with E-state index in [1.54, 1.807) is 33.3 Å². The van der Waals surface area contributed by atoms with E-state index in [0.29, 0.717) is 17.9 Å². The van der Waals surface area contributed by atoms with Gasteiger partial charge in [0, 0.05) is 12.0 Å². The van der Waals surface area contributed by atoms with E-state index in [-0.39, 0.29) is 11.9 Å². The molecule has 1 aliphatic rings. The van der Waals surface area contributed by atoms with Crippen molar-refractivity contribution in [3.63, 3.8) is 0 Å². The predicted octanol–water partition coefficient (Wildman–Crippen LogP) is 3.89. The molecule has 28 heavy (non-hydrogen) atoms. The molecule has 0 aliphatic carbocycles. The average Bonchev–Trinajstić information content (AvgIpc) is 2.67. The highest BCUT2D eigenvalue weighted by atomic mass is 16.5. The highest BCUT2D eigenvalue weighted by Gasteiger charge is 2.35. The fourth-order valence-corrected chi connectivity index (χ4v) is 3.34. The van der Waals surface area contributed by atoms with Crippen molar-refractivity contribution in [3.05, 3.63) is 48.0 Å². The molecule has 150 valence electrons. The Morgan fingerprint density at radius 2 is 1.86 bits per heavy atom. The maximum absolute atomic E-state index is 12.8. The van der Waals surface area contributed by atoms with Gasteiger partial charge in [-0.3, -0.25) is 4.79 Å². The molecule has 0 unspecified atom stereocenters. The van der Waals surface area contributed by atoms with Gasteiger partial charge in [-0.05, 0) is 51.1 Å². The van der Waals surface area contributed by atoms with E-state index < -0.39 is 11.7 Å². The largest absolute Gasteiger partial charge is 0.497 e. The average molecular weight is 385 g/mol. The number of hydrogen-bond acceptors (Lipinski definition) is 5. The summed E-state index contributed by atoms with van der Waals surface area (Å²) >= 11 is 0. The Hall–Kier alpha value is -2.89. The molecule has 0 saturated heterocycles. The summed E-state index contributed by atoms with van der Waals surface area (Å²) in [6.07, 6.45) is -0.0448. The van der Waals surface area contributed by atoms with Crippen molar-refractivity contribution in [3.8, 4) is 23.0 Å². The summed E-state index contributed by atoms with van der Waals surface area (Å²) in [6.45, 7) is 5.74. The van der Waals surface area contributed by atoms with Crippen LogP contribution in [0.5, 0.6) is 23.0 Å². The number of rotatable bonds is 6. The van der Waals surface area contributed by atoms with E-state index in [1.807, 2.05) is 44.2 Å². The quantitative estimate of drug-likeness (QED) is 0.817. The Bertz CT molecular complexity index is 849. The van der Waals surface area contributed by atoms with E-state index in [9.17, 15) is 4.79 Å². The van der Waals surface area contributed by atoms with Crippen molar-refractivity contribution in [1.29, 1.82) is 0 Å². The zero-order valence-corrected chi connectivity index (χ0v) is 16.9. The minimum atomic E-state index is -0.684. The first kappa shape index (κ1) is 19.9.